The van der Waals surface area contributed by atoms with Gasteiger partial charge in [0.15, 0.2) is 0 Å². The molecule has 1 aliphatic carbocycles. The van der Waals surface area contributed by atoms with Gasteiger partial charge in [-0.05, 0) is 56.4 Å². The summed E-state index contributed by atoms with van der Waals surface area (Å²) in [5, 5.41) is 49.0. The van der Waals surface area contributed by atoms with Gasteiger partial charge in [-0.1, -0.05) is 12.8 Å². The van der Waals surface area contributed by atoms with E-state index in [0.29, 0.717) is 24.9 Å². The van der Waals surface area contributed by atoms with Gasteiger partial charge < -0.3 is 20.8 Å². The molecule has 1 saturated carbocycles. The minimum absolute atomic E-state index is 0.00611. The summed E-state index contributed by atoms with van der Waals surface area (Å²) in [6.45, 7) is -0.0979. The molecule has 10 heteroatoms. The van der Waals surface area contributed by atoms with Crippen LogP contribution in [0.25, 0.3) is 0 Å². The third-order valence-corrected chi connectivity index (χ3v) is 6.30. The molecule has 3 rings (SSSR count). The first-order valence-electron chi connectivity index (χ1n) is 11.2. The van der Waals surface area contributed by atoms with E-state index in [1.807, 2.05) is 0 Å². The van der Waals surface area contributed by atoms with Gasteiger partial charge in [0.1, 0.15) is 0 Å². The van der Waals surface area contributed by atoms with E-state index >= 15 is 0 Å². The van der Waals surface area contributed by atoms with Gasteiger partial charge in [-0.3, -0.25) is 20.2 Å². The summed E-state index contributed by atoms with van der Waals surface area (Å²) in [5.74, 6) is 0. The fraction of sp³-hybridized carbons (Fsp3) is 0.478. The highest BCUT2D eigenvalue weighted by Gasteiger charge is 2.40. The number of rotatable bonds is 12. The number of nitrogens with one attached hydrogen (secondary N) is 2. The van der Waals surface area contributed by atoms with Crippen molar-refractivity contribution in [3.63, 3.8) is 0 Å². The Balaban J connectivity index is 1.54. The van der Waals surface area contributed by atoms with Crippen LogP contribution in [0.3, 0.4) is 0 Å². The van der Waals surface area contributed by atoms with E-state index in [2.05, 4.69) is 10.6 Å². The number of nitro benzene ring substituents is 2. The summed E-state index contributed by atoms with van der Waals surface area (Å²) in [6, 6.07) is 12.0. The maximum atomic E-state index is 11.0. The second kappa shape index (κ2) is 11.1. The second-order valence-electron chi connectivity index (χ2n) is 8.57. The van der Waals surface area contributed by atoms with E-state index in [9.17, 15) is 30.4 Å². The van der Waals surface area contributed by atoms with Gasteiger partial charge in [0.05, 0.1) is 28.1 Å². The standard InChI is InChI=1S/C23H30N4O6/c28-16-19(24-17-6-10-20(11-7-17)26(30)31)4-3-5-22(29)23(14-1-2-15-23)25-18-8-12-21(13-9-18)27(32)33/h6-13,19,22,24-25,28-29H,1-5,14-16H2/t19?,22-/m0/s1. The van der Waals surface area contributed by atoms with E-state index in [0.717, 1.165) is 31.4 Å². The average Bonchev–Trinajstić information content (AvgIpc) is 3.28. The number of benzene rings is 2. The maximum absolute atomic E-state index is 11.0. The lowest BCUT2D eigenvalue weighted by atomic mass is 9.86. The average molecular weight is 459 g/mol. The van der Waals surface area contributed by atoms with E-state index in [1.165, 1.54) is 24.3 Å². The zero-order valence-electron chi connectivity index (χ0n) is 18.4. The van der Waals surface area contributed by atoms with E-state index in [1.54, 1.807) is 24.3 Å². The van der Waals surface area contributed by atoms with Crippen LogP contribution in [-0.4, -0.2) is 44.4 Å². The number of aliphatic hydroxyl groups excluding tert-OH is 2. The van der Waals surface area contributed by atoms with Crippen LogP contribution in [0.4, 0.5) is 22.7 Å². The molecule has 0 aromatic heterocycles. The van der Waals surface area contributed by atoms with Crippen molar-refractivity contribution in [3.8, 4) is 0 Å². The SMILES string of the molecule is O=[N+]([O-])c1ccc(NC(CO)CCC[C@H](O)C2(Nc3ccc([N+](=O)[O-])cc3)CCCC2)cc1. The third kappa shape index (κ3) is 6.39. The van der Waals surface area contributed by atoms with Crippen LogP contribution in [0.15, 0.2) is 48.5 Å². The van der Waals surface area contributed by atoms with Crippen molar-refractivity contribution < 1.29 is 20.1 Å². The number of nitro groups is 2. The van der Waals surface area contributed by atoms with E-state index in [-0.39, 0.29) is 24.0 Å². The fourth-order valence-corrected chi connectivity index (χ4v) is 4.46. The summed E-state index contributed by atoms with van der Waals surface area (Å²) >= 11 is 0. The van der Waals surface area contributed by atoms with Crippen LogP contribution in [0.1, 0.15) is 44.9 Å². The first kappa shape index (κ1) is 24.4. The largest absolute Gasteiger partial charge is 0.394 e. The van der Waals surface area contributed by atoms with Crippen molar-refractivity contribution in [2.75, 3.05) is 17.2 Å². The van der Waals surface area contributed by atoms with E-state index < -0.39 is 21.5 Å². The Labute approximate surface area is 191 Å². The van der Waals surface area contributed by atoms with Crippen molar-refractivity contribution >= 4 is 22.7 Å². The highest BCUT2D eigenvalue weighted by atomic mass is 16.6. The maximum Gasteiger partial charge on any atom is 0.269 e. The lowest BCUT2D eigenvalue weighted by Crippen LogP contribution is -2.47. The van der Waals surface area contributed by atoms with Crippen molar-refractivity contribution in [1.29, 1.82) is 0 Å². The van der Waals surface area contributed by atoms with Crippen LogP contribution in [0.5, 0.6) is 0 Å². The smallest absolute Gasteiger partial charge is 0.269 e. The zero-order chi connectivity index (χ0) is 23.8. The lowest BCUT2D eigenvalue weighted by molar-refractivity contribution is -0.385. The van der Waals surface area contributed by atoms with Crippen LogP contribution < -0.4 is 10.6 Å². The van der Waals surface area contributed by atoms with Crippen LogP contribution in [-0.2, 0) is 0 Å². The molecule has 33 heavy (non-hydrogen) atoms. The van der Waals surface area contributed by atoms with Gasteiger partial charge in [-0.2, -0.15) is 0 Å². The zero-order valence-corrected chi connectivity index (χ0v) is 18.4. The molecule has 2 aromatic carbocycles. The van der Waals surface area contributed by atoms with Crippen molar-refractivity contribution in [1.82, 2.24) is 0 Å². The molecule has 0 saturated heterocycles. The van der Waals surface area contributed by atoms with Crippen LogP contribution in [0, 0.1) is 20.2 Å². The summed E-state index contributed by atoms with van der Waals surface area (Å²) < 4.78 is 0. The van der Waals surface area contributed by atoms with Gasteiger partial charge >= 0.3 is 0 Å². The Hall–Kier alpha value is -3.24. The fourth-order valence-electron chi connectivity index (χ4n) is 4.46. The van der Waals surface area contributed by atoms with Gasteiger partial charge in [0, 0.05) is 41.7 Å². The van der Waals surface area contributed by atoms with Crippen molar-refractivity contribution in [2.45, 2.75) is 62.6 Å². The predicted octanol–water partition coefficient (Wildman–Crippen LogP) is 4.23. The Morgan fingerprint density at radius 2 is 1.39 bits per heavy atom. The summed E-state index contributed by atoms with van der Waals surface area (Å²) in [5.41, 5.74) is 0.988. The first-order valence-corrected chi connectivity index (χ1v) is 11.2. The Morgan fingerprint density at radius 1 is 0.879 bits per heavy atom. The highest BCUT2D eigenvalue weighted by Crippen LogP contribution is 2.38. The number of hydrogen-bond donors (Lipinski definition) is 4. The monoisotopic (exact) mass is 458 g/mol. The molecule has 4 N–H and O–H groups in total. The van der Waals surface area contributed by atoms with E-state index in [4.69, 9.17) is 0 Å². The molecule has 0 bridgehead atoms. The topological polar surface area (TPSA) is 151 Å². The Kier molecular flexibility index (Phi) is 8.18. The number of aliphatic hydroxyl groups is 2. The number of nitrogens with zero attached hydrogens (tertiary/aromatic N) is 2. The molecule has 0 aliphatic heterocycles. The van der Waals surface area contributed by atoms with Gasteiger partial charge in [-0.25, -0.2) is 0 Å². The van der Waals surface area contributed by atoms with Gasteiger partial charge in [0.2, 0.25) is 0 Å². The predicted molar refractivity (Wildman–Crippen MR) is 125 cm³/mol. The molecule has 178 valence electrons. The molecule has 0 amide bonds. The normalized spacial score (nSPS) is 16.7. The minimum atomic E-state index is -0.603. The Morgan fingerprint density at radius 3 is 1.88 bits per heavy atom. The molecule has 0 radical (unpaired) electrons. The second-order valence-corrected chi connectivity index (χ2v) is 8.57. The van der Waals surface area contributed by atoms with Crippen LogP contribution in [0.2, 0.25) is 0 Å². The van der Waals surface area contributed by atoms with Crippen LogP contribution >= 0.6 is 0 Å². The quantitative estimate of drug-likeness (QED) is 0.272. The highest BCUT2D eigenvalue weighted by molar-refractivity contribution is 5.51. The molecule has 10 nitrogen and oxygen atoms in total. The molecule has 0 heterocycles. The summed E-state index contributed by atoms with van der Waals surface area (Å²) in [6.07, 6.45) is 4.86. The minimum Gasteiger partial charge on any atom is -0.394 e. The lowest BCUT2D eigenvalue weighted by Gasteiger charge is -2.36. The molecule has 1 unspecified atom stereocenters. The van der Waals surface area contributed by atoms with Gasteiger partial charge in [0.25, 0.3) is 11.4 Å². The number of non-ortho nitro benzene ring substituents is 2. The summed E-state index contributed by atoms with van der Waals surface area (Å²) in [4.78, 5) is 20.8. The molecule has 1 aliphatic rings. The third-order valence-electron chi connectivity index (χ3n) is 6.30. The molecular weight excluding hydrogens is 428 g/mol. The Bertz CT molecular complexity index is 929. The number of anilines is 2. The molecule has 2 atom stereocenters. The van der Waals surface area contributed by atoms with Gasteiger partial charge in [-0.15, -0.1) is 0 Å². The summed E-state index contributed by atoms with van der Waals surface area (Å²) in [7, 11) is 0. The molecule has 2 aromatic rings. The van der Waals surface area contributed by atoms with Crippen molar-refractivity contribution in [2.24, 2.45) is 0 Å². The first-order chi connectivity index (χ1) is 15.8. The molecule has 1 fully saturated rings. The molecule has 0 spiro atoms. The number of hydrogen-bond acceptors (Lipinski definition) is 8. The molecular formula is C23H30N4O6. The van der Waals surface area contributed by atoms with Crippen molar-refractivity contribution in [3.05, 3.63) is 68.8 Å².